The zero-order chi connectivity index (χ0) is 16.9. The van der Waals surface area contributed by atoms with Crippen LogP contribution in [0, 0.1) is 0 Å². The lowest BCUT2D eigenvalue weighted by molar-refractivity contribution is 0.0989. The molecule has 1 heterocycles. The molecular formula is C19H18N2O2S. The van der Waals surface area contributed by atoms with Gasteiger partial charge in [-0.2, -0.15) is 0 Å². The number of benzene rings is 2. The molecule has 0 aliphatic heterocycles. The van der Waals surface area contributed by atoms with Crippen molar-refractivity contribution in [1.82, 2.24) is 4.98 Å². The molecule has 0 saturated heterocycles. The second-order valence-corrected chi connectivity index (χ2v) is 6.29. The molecule has 2 aromatic carbocycles. The monoisotopic (exact) mass is 338 g/mol. The molecule has 0 unspecified atom stereocenters. The molecule has 24 heavy (non-hydrogen) atoms. The summed E-state index contributed by atoms with van der Waals surface area (Å²) >= 11 is 1.51. The van der Waals surface area contributed by atoms with E-state index in [9.17, 15) is 4.79 Å². The van der Waals surface area contributed by atoms with E-state index in [-0.39, 0.29) is 5.91 Å². The number of methoxy groups -OCH3 is 1. The minimum atomic E-state index is -0.0987. The van der Waals surface area contributed by atoms with Gasteiger partial charge in [0.15, 0.2) is 0 Å². The Balaban J connectivity index is 1.71. The lowest BCUT2D eigenvalue weighted by Gasteiger charge is -2.15. The topological polar surface area (TPSA) is 42.4 Å². The highest BCUT2D eigenvalue weighted by atomic mass is 32.1. The SMILES string of the molecule is COc1ccc(Cc2nc(C(=O)N(C)c3ccccc3)cs2)cc1. The average molecular weight is 338 g/mol. The molecule has 0 bridgehead atoms. The summed E-state index contributed by atoms with van der Waals surface area (Å²) in [6.45, 7) is 0. The number of nitrogens with zero attached hydrogens (tertiary/aromatic N) is 2. The van der Waals surface area contributed by atoms with E-state index in [1.807, 2.05) is 60.0 Å². The van der Waals surface area contributed by atoms with Crippen LogP contribution in [-0.2, 0) is 6.42 Å². The summed E-state index contributed by atoms with van der Waals surface area (Å²) < 4.78 is 5.16. The standard InChI is InChI=1S/C19H18N2O2S/c1-21(15-6-4-3-5-7-15)19(22)17-13-24-18(20-17)12-14-8-10-16(23-2)11-9-14/h3-11,13H,12H2,1-2H3. The summed E-state index contributed by atoms with van der Waals surface area (Å²) in [5.74, 6) is 0.733. The van der Waals surface area contributed by atoms with E-state index in [4.69, 9.17) is 4.74 Å². The van der Waals surface area contributed by atoms with Crippen LogP contribution in [0.4, 0.5) is 5.69 Å². The molecule has 4 nitrogen and oxygen atoms in total. The Morgan fingerprint density at radius 3 is 2.50 bits per heavy atom. The fraction of sp³-hybridized carbons (Fsp3) is 0.158. The quantitative estimate of drug-likeness (QED) is 0.706. The third-order valence-electron chi connectivity index (χ3n) is 3.73. The Labute approximate surface area is 145 Å². The molecule has 0 fully saturated rings. The lowest BCUT2D eigenvalue weighted by Crippen LogP contribution is -2.26. The van der Waals surface area contributed by atoms with Crippen molar-refractivity contribution in [3.05, 3.63) is 76.2 Å². The van der Waals surface area contributed by atoms with Gasteiger partial charge in [-0.15, -0.1) is 11.3 Å². The summed E-state index contributed by atoms with van der Waals surface area (Å²) in [6.07, 6.45) is 0.705. The van der Waals surface area contributed by atoms with Gasteiger partial charge < -0.3 is 9.64 Å². The third kappa shape index (κ3) is 3.63. The number of hydrogen-bond donors (Lipinski definition) is 0. The van der Waals surface area contributed by atoms with Gasteiger partial charge in [-0.3, -0.25) is 4.79 Å². The number of hydrogen-bond acceptors (Lipinski definition) is 4. The van der Waals surface area contributed by atoms with Gasteiger partial charge in [-0.25, -0.2) is 4.98 Å². The summed E-state index contributed by atoms with van der Waals surface area (Å²) in [6, 6.07) is 17.4. The molecule has 0 saturated carbocycles. The second kappa shape index (κ2) is 7.27. The van der Waals surface area contributed by atoms with Crippen LogP contribution in [0.3, 0.4) is 0 Å². The van der Waals surface area contributed by atoms with E-state index in [2.05, 4.69) is 4.98 Å². The Morgan fingerprint density at radius 1 is 1.12 bits per heavy atom. The fourth-order valence-electron chi connectivity index (χ4n) is 2.35. The molecule has 0 N–H and O–H groups in total. The smallest absolute Gasteiger partial charge is 0.277 e. The Kier molecular flexibility index (Phi) is 4.91. The van der Waals surface area contributed by atoms with E-state index in [0.717, 1.165) is 22.0 Å². The highest BCUT2D eigenvalue weighted by Gasteiger charge is 2.16. The maximum Gasteiger partial charge on any atom is 0.277 e. The number of aromatic nitrogens is 1. The summed E-state index contributed by atoms with van der Waals surface area (Å²) in [7, 11) is 3.41. The molecule has 5 heteroatoms. The maximum absolute atomic E-state index is 12.5. The summed E-state index contributed by atoms with van der Waals surface area (Å²) in [5, 5.41) is 2.74. The van der Waals surface area contributed by atoms with Crippen molar-refractivity contribution in [2.75, 3.05) is 19.1 Å². The van der Waals surface area contributed by atoms with Crippen molar-refractivity contribution in [2.24, 2.45) is 0 Å². The van der Waals surface area contributed by atoms with Crippen molar-refractivity contribution in [3.63, 3.8) is 0 Å². The number of carbonyl (C=O) groups excluding carboxylic acids is 1. The number of anilines is 1. The van der Waals surface area contributed by atoms with Crippen LogP contribution in [0.25, 0.3) is 0 Å². The van der Waals surface area contributed by atoms with Crippen LogP contribution in [0.15, 0.2) is 60.0 Å². The van der Waals surface area contributed by atoms with Crippen LogP contribution in [0.1, 0.15) is 21.1 Å². The molecule has 0 aliphatic rings. The van der Waals surface area contributed by atoms with E-state index < -0.39 is 0 Å². The third-order valence-corrected chi connectivity index (χ3v) is 4.58. The molecule has 0 atom stereocenters. The second-order valence-electron chi connectivity index (χ2n) is 5.35. The molecular weight excluding hydrogens is 320 g/mol. The summed E-state index contributed by atoms with van der Waals surface area (Å²) in [4.78, 5) is 18.7. The van der Waals surface area contributed by atoms with Gasteiger partial charge in [-0.1, -0.05) is 30.3 Å². The molecule has 0 radical (unpaired) electrons. The van der Waals surface area contributed by atoms with Gasteiger partial charge in [0.2, 0.25) is 0 Å². The molecule has 0 spiro atoms. The first-order chi connectivity index (χ1) is 11.7. The van der Waals surface area contributed by atoms with Crippen LogP contribution in [0.2, 0.25) is 0 Å². The van der Waals surface area contributed by atoms with E-state index in [1.54, 1.807) is 19.1 Å². The fourth-order valence-corrected chi connectivity index (χ4v) is 3.15. The van der Waals surface area contributed by atoms with E-state index >= 15 is 0 Å². The van der Waals surface area contributed by atoms with Gasteiger partial charge >= 0.3 is 0 Å². The zero-order valence-electron chi connectivity index (χ0n) is 13.6. The predicted octanol–water partition coefficient (Wildman–Crippen LogP) is 4.02. The van der Waals surface area contributed by atoms with Crippen molar-refractivity contribution >= 4 is 22.9 Å². The number of carbonyl (C=O) groups is 1. The molecule has 1 amide bonds. The number of para-hydroxylation sites is 1. The van der Waals surface area contributed by atoms with Gasteiger partial charge in [0.05, 0.1) is 12.1 Å². The Bertz CT molecular complexity index is 813. The number of ether oxygens (including phenoxy) is 1. The van der Waals surface area contributed by atoms with Crippen LogP contribution < -0.4 is 9.64 Å². The molecule has 122 valence electrons. The number of rotatable bonds is 5. The van der Waals surface area contributed by atoms with Crippen molar-refractivity contribution in [1.29, 1.82) is 0 Å². The van der Waals surface area contributed by atoms with E-state index in [1.165, 1.54) is 11.3 Å². The maximum atomic E-state index is 12.5. The first kappa shape index (κ1) is 16.2. The first-order valence-electron chi connectivity index (χ1n) is 7.58. The van der Waals surface area contributed by atoms with Crippen molar-refractivity contribution in [3.8, 4) is 5.75 Å². The van der Waals surface area contributed by atoms with Crippen molar-refractivity contribution in [2.45, 2.75) is 6.42 Å². The molecule has 1 aromatic heterocycles. The average Bonchev–Trinajstić information content (AvgIpc) is 3.10. The number of amides is 1. The number of thiazole rings is 1. The highest BCUT2D eigenvalue weighted by molar-refractivity contribution is 7.09. The van der Waals surface area contributed by atoms with Gasteiger partial charge in [0.1, 0.15) is 11.4 Å². The predicted molar refractivity (Wildman–Crippen MR) is 97.1 cm³/mol. The zero-order valence-corrected chi connectivity index (χ0v) is 14.4. The van der Waals surface area contributed by atoms with Gasteiger partial charge in [-0.05, 0) is 29.8 Å². The van der Waals surface area contributed by atoms with Gasteiger partial charge in [0, 0.05) is 24.5 Å². The molecule has 3 aromatic rings. The minimum absolute atomic E-state index is 0.0987. The van der Waals surface area contributed by atoms with E-state index in [0.29, 0.717) is 12.1 Å². The highest BCUT2D eigenvalue weighted by Crippen LogP contribution is 2.20. The Hall–Kier alpha value is -2.66. The molecule has 3 rings (SSSR count). The normalized spacial score (nSPS) is 10.4. The minimum Gasteiger partial charge on any atom is -0.497 e. The molecule has 0 aliphatic carbocycles. The first-order valence-corrected chi connectivity index (χ1v) is 8.46. The lowest BCUT2D eigenvalue weighted by atomic mass is 10.1. The Morgan fingerprint density at radius 2 is 1.83 bits per heavy atom. The largest absolute Gasteiger partial charge is 0.497 e. The van der Waals surface area contributed by atoms with Crippen LogP contribution in [-0.4, -0.2) is 25.0 Å². The van der Waals surface area contributed by atoms with Crippen LogP contribution in [0.5, 0.6) is 5.75 Å². The summed E-state index contributed by atoms with van der Waals surface area (Å²) in [5.41, 5.74) is 2.47. The van der Waals surface area contributed by atoms with Crippen molar-refractivity contribution < 1.29 is 9.53 Å². The van der Waals surface area contributed by atoms with Crippen LogP contribution >= 0.6 is 11.3 Å². The van der Waals surface area contributed by atoms with Gasteiger partial charge in [0.25, 0.3) is 5.91 Å².